The number of amides is 1. The van der Waals surface area contributed by atoms with E-state index in [0.29, 0.717) is 38.0 Å². The SMILES string of the molecule is COC(=O)CCCN(C)C(=O)c1csc(CCN)n1. The van der Waals surface area contributed by atoms with Crippen molar-refractivity contribution in [3.05, 3.63) is 16.1 Å². The molecular weight excluding hydrogens is 266 g/mol. The number of hydrogen-bond acceptors (Lipinski definition) is 6. The molecule has 106 valence electrons. The molecule has 0 saturated heterocycles. The number of methoxy groups -OCH3 is 1. The molecule has 2 N–H and O–H groups in total. The van der Waals surface area contributed by atoms with Gasteiger partial charge < -0.3 is 15.4 Å². The van der Waals surface area contributed by atoms with Crippen molar-refractivity contribution in [1.29, 1.82) is 0 Å². The lowest BCUT2D eigenvalue weighted by molar-refractivity contribution is -0.140. The molecule has 0 unspecified atom stereocenters. The summed E-state index contributed by atoms with van der Waals surface area (Å²) in [4.78, 5) is 28.8. The Morgan fingerprint density at radius 2 is 2.26 bits per heavy atom. The number of nitrogens with two attached hydrogens (primary N) is 1. The molecule has 19 heavy (non-hydrogen) atoms. The van der Waals surface area contributed by atoms with Crippen LogP contribution in [0.4, 0.5) is 0 Å². The van der Waals surface area contributed by atoms with Gasteiger partial charge >= 0.3 is 5.97 Å². The van der Waals surface area contributed by atoms with Gasteiger partial charge in [0, 0.05) is 31.8 Å². The van der Waals surface area contributed by atoms with Gasteiger partial charge in [-0.05, 0) is 13.0 Å². The molecule has 0 aliphatic heterocycles. The van der Waals surface area contributed by atoms with E-state index in [-0.39, 0.29) is 11.9 Å². The van der Waals surface area contributed by atoms with Gasteiger partial charge in [0.05, 0.1) is 12.1 Å². The fourth-order valence-corrected chi connectivity index (χ4v) is 2.30. The lowest BCUT2D eigenvalue weighted by Crippen LogP contribution is -2.28. The highest BCUT2D eigenvalue weighted by Gasteiger charge is 2.15. The van der Waals surface area contributed by atoms with Crippen LogP contribution in [-0.2, 0) is 16.0 Å². The van der Waals surface area contributed by atoms with Gasteiger partial charge in [0.25, 0.3) is 5.91 Å². The Labute approximate surface area is 116 Å². The van der Waals surface area contributed by atoms with Crippen molar-refractivity contribution in [3.8, 4) is 0 Å². The van der Waals surface area contributed by atoms with Crippen LogP contribution in [0.15, 0.2) is 5.38 Å². The van der Waals surface area contributed by atoms with Crippen LogP contribution in [0.25, 0.3) is 0 Å². The van der Waals surface area contributed by atoms with Gasteiger partial charge in [-0.25, -0.2) is 4.98 Å². The van der Waals surface area contributed by atoms with Gasteiger partial charge in [-0.2, -0.15) is 0 Å². The average Bonchev–Trinajstić information content (AvgIpc) is 2.86. The van der Waals surface area contributed by atoms with Crippen molar-refractivity contribution >= 4 is 23.2 Å². The molecule has 1 amide bonds. The van der Waals surface area contributed by atoms with Gasteiger partial charge in [0.2, 0.25) is 0 Å². The predicted molar refractivity (Wildman–Crippen MR) is 73.1 cm³/mol. The number of carbonyl (C=O) groups excluding carboxylic acids is 2. The third kappa shape index (κ3) is 4.96. The molecule has 0 atom stereocenters. The number of rotatable bonds is 7. The van der Waals surface area contributed by atoms with Crippen LogP contribution in [0.5, 0.6) is 0 Å². The van der Waals surface area contributed by atoms with Crippen LogP contribution < -0.4 is 5.73 Å². The van der Waals surface area contributed by atoms with Crippen LogP contribution in [0.3, 0.4) is 0 Å². The molecule has 0 radical (unpaired) electrons. The summed E-state index contributed by atoms with van der Waals surface area (Å²) >= 11 is 1.44. The van der Waals surface area contributed by atoms with Crippen LogP contribution in [-0.4, -0.2) is 49.0 Å². The van der Waals surface area contributed by atoms with E-state index >= 15 is 0 Å². The maximum atomic E-state index is 12.0. The molecule has 1 aromatic rings. The standard InChI is InChI=1S/C12H19N3O3S/c1-15(7-3-4-11(16)18-2)12(17)9-8-19-10(14-9)5-6-13/h8H,3-7,13H2,1-2H3. The summed E-state index contributed by atoms with van der Waals surface area (Å²) in [7, 11) is 3.05. The number of nitrogens with zero attached hydrogens (tertiary/aromatic N) is 2. The van der Waals surface area contributed by atoms with Crippen molar-refractivity contribution < 1.29 is 14.3 Å². The smallest absolute Gasteiger partial charge is 0.305 e. The highest BCUT2D eigenvalue weighted by atomic mass is 32.1. The fraction of sp³-hybridized carbons (Fsp3) is 0.583. The zero-order valence-electron chi connectivity index (χ0n) is 11.2. The molecule has 6 nitrogen and oxygen atoms in total. The maximum Gasteiger partial charge on any atom is 0.305 e. The molecule has 0 spiro atoms. The monoisotopic (exact) mass is 285 g/mol. The lowest BCUT2D eigenvalue weighted by atomic mass is 10.3. The molecule has 0 aromatic carbocycles. The number of esters is 1. The van der Waals surface area contributed by atoms with E-state index in [9.17, 15) is 9.59 Å². The quantitative estimate of drug-likeness (QED) is 0.744. The molecule has 1 heterocycles. The van der Waals surface area contributed by atoms with Crippen molar-refractivity contribution in [2.75, 3.05) is 27.2 Å². The molecule has 1 rings (SSSR count). The van der Waals surface area contributed by atoms with E-state index in [1.165, 1.54) is 18.4 Å². The highest BCUT2D eigenvalue weighted by molar-refractivity contribution is 7.09. The summed E-state index contributed by atoms with van der Waals surface area (Å²) < 4.78 is 4.54. The molecule has 7 heteroatoms. The largest absolute Gasteiger partial charge is 0.469 e. The Morgan fingerprint density at radius 1 is 1.53 bits per heavy atom. The highest BCUT2D eigenvalue weighted by Crippen LogP contribution is 2.12. The number of aromatic nitrogens is 1. The van der Waals surface area contributed by atoms with Gasteiger partial charge in [0.15, 0.2) is 0 Å². The Balaban J connectivity index is 2.44. The van der Waals surface area contributed by atoms with E-state index in [4.69, 9.17) is 5.73 Å². The van der Waals surface area contributed by atoms with Crippen LogP contribution in [0, 0.1) is 0 Å². The fourth-order valence-electron chi connectivity index (χ4n) is 1.51. The first kappa shape index (κ1) is 15.6. The Kier molecular flexibility index (Phi) is 6.44. The lowest BCUT2D eigenvalue weighted by Gasteiger charge is -2.15. The van der Waals surface area contributed by atoms with E-state index in [2.05, 4.69) is 9.72 Å². The van der Waals surface area contributed by atoms with E-state index in [0.717, 1.165) is 5.01 Å². The summed E-state index contributed by atoms with van der Waals surface area (Å²) in [5, 5.41) is 2.61. The molecular formula is C12H19N3O3S. The first-order chi connectivity index (χ1) is 9.08. The minimum absolute atomic E-state index is 0.135. The first-order valence-corrected chi connectivity index (χ1v) is 6.93. The molecule has 0 aliphatic rings. The summed E-state index contributed by atoms with van der Waals surface area (Å²) in [5.41, 5.74) is 5.88. The maximum absolute atomic E-state index is 12.0. The molecule has 0 bridgehead atoms. The number of ether oxygens (including phenoxy) is 1. The second-order valence-corrected chi connectivity index (χ2v) is 5.01. The van der Waals surface area contributed by atoms with E-state index < -0.39 is 0 Å². The van der Waals surface area contributed by atoms with Crippen LogP contribution in [0.1, 0.15) is 28.3 Å². The number of hydrogen-bond donors (Lipinski definition) is 1. The van der Waals surface area contributed by atoms with Crippen LogP contribution in [0.2, 0.25) is 0 Å². The second kappa shape index (κ2) is 7.85. The zero-order valence-corrected chi connectivity index (χ0v) is 12.0. The topological polar surface area (TPSA) is 85.5 Å². The third-order valence-electron chi connectivity index (χ3n) is 2.58. The van der Waals surface area contributed by atoms with Gasteiger partial charge in [-0.15, -0.1) is 11.3 Å². The Hall–Kier alpha value is -1.47. The number of carbonyl (C=O) groups is 2. The molecule has 0 saturated carbocycles. The second-order valence-electron chi connectivity index (χ2n) is 4.07. The summed E-state index contributed by atoms with van der Waals surface area (Å²) in [5.74, 6) is -0.399. The minimum atomic E-state index is -0.264. The molecule has 0 aliphatic carbocycles. The van der Waals surface area contributed by atoms with Crippen molar-refractivity contribution in [2.45, 2.75) is 19.3 Å². The van der Waals surface area contributed by atoms with Gasteiger partial charge in [-0.1, -0.05) is 0 Å². The van der Waals surface area contributed by atoms with Crippen molar-refractivity contribution in [2.24, 2.45) is 5.73 Å². The Bertz CT molecular complexity index is 434. The van der Waals surface area contributed by atoms with Crippen LogP contribution >= 0.6 is 11.3 Å². The summed E-state index contributed by atoms with van der Waals surface area (Å²) in [6.45, 7) is 1.02. The van der Waals surface area contributed by atoms with E-state index in [1.54, 1.807) is 17.3 Å². The summed E-state index contributed by atoms with van der Waals surface area (Å²) in [6, 6.07) is 0. The van der Waals surface area contributed by atoms with E-state index in [1.807, 2.05) is 0 Å². The average molecular weight is 285 g/mol. The zero-order chi connectivity index (χ0) is 14.3. The molecule has 1 aromatic heterocycles. The van der Waals surface area contributed by atoms with Crippen molar-refractivity contribution in [3.63, 3.8) is 0 Å². The van der Waals surface area contributed by atoms with Crippen molar-refractivity contribution in [1.82, 2.24) is 9.88 Å². The predicted octanol–water partition coefficient (Wildman–Crippen LogP) is 0.669. The minimum Gasteiger partial charge on any atom is -0.469 e. The molecule has 0 fully saturated rings. The first-order valence-electron chi connectivity index (χ1n) is 6.05. The van der Waals surface area contributed by atoms with Gasteiger partial charge in [0.1, 0.15) is 5.69 Å². The number of thiazole rings is 1. The normalized spacial score (nSPS) is 10.3. The third-order valence-corrected chi connectivity index (χ3v) is 3.49. The summed E-state index contributed by atoms with van der Waals surface area (Å²) in [6.07, 6.45) is 1.57. The van der Waals surface area contributed by atoms with Gasteiger partial charge in [-0.3, -0.25) is 9.59 Å². The Morgan fingerprint density at radius 3 is 2.89 bits per heavy atom.